The van der Waals surface area contributed by atoms with Crippen LogP contribution in [0.4, 0.5) is 13.2 Å². The number of rotatable bonds is 2. The first-order valence-corrected chi connectivity index (χ1v) is 8.50. The van der Waals surface area contributed by atoms with Gasteiger partial charge in [0.15, 0.2) is 0 Å². The van der Waals surface area contributed by atoms with Crippen molar-refractivity contribution in [1.29, 1.82) is 0 Å². The van der Waals surface area contributed by atoms with E-state index in [1.807, 2.05) is 11.8 Å². The fourth-order valence-corrected chi connectivity index (χ4v) is 4.88. The molecule has 2 rings (SSSR count). The Hall–Kier alpha value is 0.0600. The maximum Gasteiger partial charge on any atom is 0.391 e. The van der Waals surface area contributed by atoms with E-state index in [2.05, 4.69) is 18.7 Å². The van der Waals surface area contributed by atoms with E-state index in [4.69, 9.17) is 5.73 Å². The number of thioether (sulfide) groups is 1. The van der Waals surface area contributed by atoms with E-state index >= 15 is 0 Å². The Balaban J connectivity index is 2.20. The number of nitrogens with zero attached hydrogens (tertiary/aromatic N) is 1. The molecule has 20 heavy (non-hydrogen) atoms. The molecule has 2 nitrogen and oxygen atoms in total. The molecule has 0 spiro atoms. The lowest BCUT2D eigenvalue weighted by Crippen LogP contribution is -2.63. The lowest BCUT2D eigenvalue weighted by Gasteiger charge is -2.53. The predicted molar refractivity (Wildman–Crippen MR) is 77.9 cm³/mol. The predicted octanol–water partition coefficient (Wildman–Crippen LogP) is 3.26. The highest BCUT2D eigenvalue weighted by Gasteiger charge is 2.50. The number of hydrogen-bond acceptors (Lipinski definition) is 3. The molecule has 2 N–H and O–H groups in total. The summed E-state index contributed by atoms with van der Waals surface area (Å²) in [5.41, 5.74) is 5.52. The van der Waals surface area contributed by atoms with Gasteiger partial charge in [-0.25, -0.2) is 0 Å². The van der Waals surface area contributed by atoms with E-state index in [9.17, 15) is 13.2 Å². The van der Waals surface area contributed by atoms with Crippen LogP contribution in [0.3, 0.4) is 0 Å². The molecular weight excluding hydrogens is 285 g/mol. The molecule has 1 saturated carbocycles. The van der Waals surface area contributed by atoms with E-state index in [0.717, 1.165) is 18.7 Å². The van der Waals surface area contributed by atoms with Crippen LogP contribution in [-0.2, 0) is 0 Å². The highest BCUT2D eigenvalue weighted by Crippen LogP contribution is 2.45. The normalized spacial score (nSPS) is 40.8. The molecule has 2 aliphatic rings. The molecule has 6 heteroatoms. The molecule has 4 atom stereocenters. The summed E-state index contributed by atoms with van der Waals surface area (Å²) >= 11 is 1.90. The molecule has 0 aromatic carbocycles. The lowest BCUT2D eigenvalue weighted by molar-refractivity contribution is -0.195. The van der Waals surface area contributed by atoms with Crippen molar-refractivity contribution >= 4 is 11.8 Å². The topological polar surface area (TPSA) is 29.3 Å². The molecule has 0 aromatic heterocycles. The Labute approximate surface area is 123 Å². The van der Waals surface area contributed by atoms with Crippen LogP contribution in [0, 0.1) is 5.92 Å². The molecule has 0 aromatic rings. The maximum atomic E-state index is 13.1. The zero-order valence-electron chi connectivity index (χ0n) is 12.2. The fraction of sp³-hybridized carbons (Fsp3) is 1.00. The quantitative estimate of drug-likeness (QED) is 0.849. The Morgan fingerprint density at radius 1 is 1.35 bits per heavy atom. The highest BCUT2D eigenvalue weighted by molar-refractivity contribution is 8.00. The Bertz CT molecular complexity index is 337. The van der Waals surface area contributed by atoms with Gasteiger partial charge in [0.05, 0.1) is 5.92 Å². The largest absolute Gasteiger partial charge is 0.391 e. The second-order valence-corrected chi connectivity index (χ2v) is 7.76. The number of alkyl halides is 3. The van der Waals surface area contributed by atoms with Gasteiger partial charge in [-0.05, 0) is 26.2 Å². The Morgan fingerprint density at radius 2 is 2.05 bits per heavy atom. The summed E-state index contributed by atoms with van der Waals surface area (Å²) in [6, 6.07) is 0.296. The Morgan fingerprint density at radius 3 is 2.65 bits per heavy atom. The molecule has 1 aliphatic heterocycles. The SMILES string of the molecule is CC1SCCN(C2(CN)CCCC(C(F)(F)F)C2)C1C. The highest BCUT2D eigenvalue weighted by atomic mass is 32.2. The molecule has 1 saturated heterocycles. The van der Waals surface area contributed by atoms with Crippen LogP contribution in [0.15, 0.2) is 0 Å². The molecule has 0 bridgehead atoms. The van der Waals surface area contributed by atoms with Gasteiger partial charge in [-0.15, -0.1) is 0 Å². The summed E-state index contributed by atoms with van der Waals surface area (Å²) in [6.45, 7) is 5.49. The third-order valence-corrected chi connectivity index (χ3v) is 6.50. The molecule has 0 radical (unpaired) electrons. The summed E-state index contributed by atoms with van der Waals surface area (Å²) in [4.78, 5) is 2.28. The van der Waals surface area contributed by atoms with Gasteiger partial charge in [0.1, 0.15) is 0 Å². The number of hydrogen-bond donors (Lipinski definition) is 1. The van der Waals surface area contributed by atoms with Gasteiger partial charge in [-0.3, -0.25) is 4.90 Å². The third kappa shape index (κ3) is 3.12. The second-order valence-electron chi connectivity index (χ2n) is 6.27. The third-order valence-electron chi connectivity index (χ3n) is 5.16. The van der Waals surface area contributed by atoms with Crippen LogP contribution in [-0.4, -0.2) is 46.7 Å². The van der Waals surface area contributed by atoms with Crippen molar-refractivity contribution in [3.05, 3.63) is 0 Å². The summed E-state index contributed by atoms with van der Waals surface area (Å²) in [7, 11) is 0. The zero-order chi connectivity index (χ0) is 15.0. The summed E-state index contributed by atoms with van der Waals surface area (Å²) in [5, 5.41) is 0.457. The van der Waals surface area contributed by atoms with Crippen molar-refractivity contribution in [2.24, 2.45) is 11.7 Å². The van der Waals surface area contributed by atoms with Crippen molar-refractivity contribution < 1.29 is 13.2 Å². The average molecular weight is 310 g/mol. The van der Waals surface area contributed by atoms with Crippen LogP contribution < -0.4 is 5.73 Å². The van der Waals surface area contributed by atoms with E-state index < -0.39 is 17.6 Å². The van der Waals surface area contributed by atoms with Gasteiger partial charge < -0.3 is 5.73 Å². The molecule has 118 valence electrons. The van der Waals surface area contributed by atoms with Crippen LogP contribution in [0.2, 0.25) is 0 Å². The van der Waals surface area contributed by atoms with E-state index in [1.165, 1.54) is 0 Å². The Kier molecular flexibility index (Phi) is 4.97. The molecule has 0 amide bonds. The number of nitrogens with two attached hydrogens (primary N) is 1. The van der Waals surface area contributed by atoms with Crippen LogP contribution in [0.1, 0.15) is 39.5 Å². The van der Waals surface area contributed by atoms with E-state index in [0.29, 0.717) is 24.3 Å². The first-order valence-electron chi connectivity index (χ1n) is 7.45. The van der Waals surface area contributed by atoms with Crippen LogP contribution >= 0.6 is 11.8 Å². The number of halogens is 3. The van der Waals surface area contributed by atoms with E-state index in [1.54, 1.807) is 0 Å². The molecule has 1 heterocycles. The molecule has 1 aliphatic carbocycles. The van der Waals surface area contributed by atoms with Crippen molar-refractivity contribution in [3.8, 4) is 0 Å². The first kappa shape index (κ1) is 16.4. The second kappa shape index (κ2) is 6.05. The smallest absolute Gasteiger partial charge is 0.329 e. The van der Waals surface area contributed by atoms with Crippen molar-refractivity contribution in [1.82, 2.24) is 4.90 Å². The van der Waals surface area contributed by atoms with Crippen molar-refractivity contribution in [3.63, 3.8) is 0 Å². The van der Waals surface area contributed by atoms with Crippen molar-refractivity contribution in [2.45, 2.75) is 62.5 Å². The van der Waals surface area contributed by atoms with Gasteiger partial charge in [-0.2, -0.15) is 24.9 Å². The minimum Gasteiger partial charge on any atom is -0.329 e. The minimum atomic E-state index is -4.08. The average Bonchev–Trinajstić information content (AvgIpc) is 2.41. The molecule has 2 fully saturated rings. The van der Waals surface area contributed by atoms with Gasteiger partial charge in [-0.1, -0.05) is 13.3 Å². The van der Waals surface area contributed by atoms with Gasteiger partial charge in [0.2, 0.25) is 0 Å². The minimum absolute atomic E-state index is 0.175. The monoisotopic (exact) mass is 310 g/mol. The van der Waals surface area contributed by atoms with Crippen molar-refractivity contribution in [2.75, 3.05) is 18.8 Å². The standard InChI is InChI=1S/C14H25F3N2S/c1-10-11(2)20-7-6-19(10)13(9-18)5-3-4-12(8-13)14(15,16)17/h10-12H,3-9,18H2,1-2H3. The summed E-state index contributed by atoms with van der Waals surface area (Å²) in [5.74, 6) is -0.193. The van der Waals surface area contributed by atoms with Gasteiger partial charge in [0.25, 0.3) is 0 Å². The lowest BCUT2D eigenvalue weighted by atomic mass is 9.73. The van der Waals surface area contributed by atoms with Gasteiger partial charge >= 0.3 is 6.18 Å². The van der Waals surface area contributed by atoms with Crippen LogP contribution in [0.5, 0.6) is 0 Å². The first-order chi connectivity index (χ1) is 9.30. The van der Waals surface area contributed by atoms with Crippen LogP contribution in [0.25, 0.3) is 0 Å². The van der Waals surface area contributed by atoms with E-state index in [-0.39, 0.29) is 12.8 Å². The molecular formula is C14H25F3N2S. The summed E-state index contributed by atoms with van der Waals surface area (Å²) < 4.78 is 39.3. The maximum absolute atomic E-state index is 13.1. The fourth-order valence-electron chi connectivity index (χ4n) is 3.79. The summed E-state index contributed by atoms with van der Waals surface area (Å²) in [6.07, 6.45) is -2.21. The molecule has 4 unspecified atom stereocenters. The van der Waals surface area contributed by atoms with Gasteiger partial charge in [0, 0.05) is 35.7 Å². The zero-order valence-corrected chi connectivity index (χ0v) is 13.1.